The third-order valence-electron chi connectivity index (χ3n) is 6.80. The summed E-state index contributed by atoms with van der Waals surface area (Å²) in [4.78, 5) is 15.1. The number of rotatable bonds is 18. The molecule has 3 heteroatoms. The van der Waals surface area contributed by atoms with E-state index in [-0.39, 0.29) is 18.1 Å². The number of carbonyl (C=O) groups is 1. The lowest BCUT2D eigenvalue weighted by molar-refractivity contribution is -0.145. The molecule has 0 N–H and O–H groups in total. The van der Waals surface area contributed by atoms with Crippen molar-refractivity contribution < 1.29 is 9.53 Å². The molecule has 2 rings (SSSR count). The zero-order valence-electron chi connectivity index (χ0n) is 21.9. The molecule has 2 aromatic carbocycles. The first kappa shape index (κ1) is 28.1. The van der Waals surface area contributed by atoms with Crippen LogP contribution in [0.3, 0.4) is 0 Å². The number of hydrogen-bond donors (Lipinski definition) is 0. The number of ether oxygens (including phenoxy) is 1. The van der Waals surface area contributed by atoms with E-state index in [1.807, 2.05) is 6.92 Å². The minimum Gasteiger partial charge on any atom is -0.466 e. The fourth-order valence-electron chi connectivity index (χ4n) is 4.79. The molecule has 0 aliphatic heterocycles. The molecule has 2 aromatic rings. The summed E-state index contributed by atoms with van der Waals surface area (Å²) in [5, 5.41) is 0. The molecule has 188 valence electrons. The number of nitrogens with zero attached hydrogens (tertiary/aromatic N) is 1. The molecule has 0 spiro atoms. The Bertz CT molecular complexity index is 762. The van der Waals surface area contributed by atoms with E-state index in [1.165, 1.54) is 62.5 Å². The topological polar surface area (TPSA) is 29.5 Å². The molecular weight excluding hydrogens is 418 g/mol. The van der Waals surface area contributed by atoms with Crippen molar-refractivity contribution >= 4 is 5.97 Å². The maximum absolute atomic E-state index is 12.6. The predicted octanol–water partition coefficient (Wildman–Crippen LogP) is 8.49. The number of carbonyl (C=O) groups excluding carboxylic acids is 1. The first-order valence-electron chi connectivity index (χ1n) is 13.7. The Morgan fingerprint density at radius 3 is 1.94 bits per heavy atom. The highest BCUT2D eigenvalue weighted by Gasteiger charge is 2.27. The molecule has 0 amide bonds. The SMILES string of the molecule is CCCCCCCCCCC[C@@H](CC(=O)OCC)N(Cc1ccccc1)[C@@H](C)c1ccccc1. The van der Waals surface area contributed by atoms with Gasteiger partial charge in [-0.15, -0.1) is 0 Å². The van der Waals surface area contributed by atoms with Crippen LogP contribution >= 0.6 is 0 Å². The van der Waals surface area contributed by atoms with Crippen LogP contribution in [0.4, 0.5) is 0 Å². The van der Waals surface area contributed by atoms with Gasteiger partial charge >= 0.3 is 5.97 Å². The second-order valence-electron chi connectivity index (χ2n) is 9.52. The summed E-state index contributed by atoms with van der Waals surface area (Å²) in [5.41, 5.74) is 2.57. The van der Waals surface area contributed by atoms with Crippen LogP contribution in [0.15, 0.2) is 60.7 Å². The molecule has 0 saturated carbocycles. The number of hydrogen-bond acceptors (Lipinski definition) is 3. The highest BCUT2D eigenvalue weighted by atomic mass is 16.5. The fourth-order valence-corrected chi connectivity index (χ4v) is 4.79. The molecule has 3 nitrogen and oxygen atoms in total. The maximum atomic E-state index is 12.6. The summed E-state index contributed by atoms with van der Waals surface area (Å²) in [6.07, 6.45) is 13.3. The maximum Gasteiger partial charge on any atom is 0.307 e. The summed E-state index contributed by atoms with van der Waals surface area (Å²) >= 11 is 0. The van der Waals surface area contributed by atoms with E-state index in [1.54, 1.807) is 0 Å². The normalized spacial score (nSPS) is 13.1. The fraction of sp³-hybridized carbons (Fsp3) is 0.581. The van der Waals surface area contributed by atoms with Crippen LogP contribution in [0.5, 0.6) is 0 Å². The van der Waals surface area contributed by atoms with Crippen LogP contribution in [-0.4, -0.2) is 23.5 Å². The van der Waals surface area contributed by atoms with Gasteiger partial charge < -0.3 is 4.74 Å². The molecule has 0 bridgehead atoms. The summed E-state index contributed by atoms with van der Waals surface area (Å²) in [5.74, 6) is -0.0817. The van der Waals surface area contributed by atoms with E-state index in [0.717, 1.165) is 19.4 Å². The van der Waals surface area contributed by atoms with Crippen LogP contribution in [0.1, 0.15) is 109 Å². The number of benzene rings is 2. The second kappa shape index (κ2) is 17.3. The molecule has 0 heterocycles. The van der Waals surface area contributed by atoms with Gasteiger partial charge in [-0.3, -0.25) is 9.69 Å². The molecule has 0 aliphatic carbocycles. The average molecular weight is 466 g/mol. The van der Waals surface area contributed by atoms with Crippen molar-refractivity contribution in [1.82, 2.24) is 4.90 Å². The number of unbranched alkanes of at least 4 members (excludes halogenated alkanes) is 8. The minimum atomic E-state index is -0.0817. The average Bonchev–Trinajstić information content (AvgIpc) is 2.86. The van der Waals surface area contributed by atoms with E-state index in [2.05, 4.69) is 79.4 Å². The van der Waals surface area contributed by atoms with Crippen molar-refractivity contribution in [2.45, 2.75) is 110 Å². The summed E-state index contributed by atoms with van der Waals surface area (Å²) in [7, 11) is 0. The van der Waals surface area contributed by atoms with Crippen molar-refractivity contribution in [2.24, 2.45) is 0 Å². The second-order valence-corrected chi connectivity index (χ2v) is 9.52. The van der Waals surface area contributed by atoms with Crippen LogP contribution in [0, 0.1) is 0 Å². The molecule has 0 aliphatic rings. The van der Waals surface area contributed by atoms with Crippen LogP contribution < -0.4 is 0 Å². The van der Waals surface area contributed by atoms with Crippen LogP contribution in [-0.2, 0) is 16.1 Å². The first-order chi connectivity index (χ1) is 16.7. The smallest absolute Gasteiger partial charge is 0.307 e. The zero-order chi connectivity index (χ0) is 24.4. The van der Waals surface area contributed by atoms with Gasteiger partial charge in [-0.05, 0) is 31.4 Å². The Kier molecular flexibility index (Phi) is 14.3. The molecule has 0 saturated heterocycles. The Balaban J connectivity index is 2.05. The first-order valence-corrected chi connectivity index (χ1v) is 13.7. The summed E-state index contributed by atoms with van der Waals surface area (Å²) in [6.45, 7) is 7.70. The van der Waals surface area contributed by atoms with Crippen molar-refractivity contribution in [3.05, 3.63) is 71.8 Å². The molecule has 0 fully saturated rings. The lowest BCUT2D eigenvalue weighted by Gasteiger charge is -2.37. The van der Waals surface area contributed by atoms with Gasteiger partial charge in [-0.1, -0.05) is 125 Å². The minimum absolute atomic E-state index is 0.0817. The van der Waals surface area contributed by atoms with Gasteiger partial charge in [0.1, 0.15) is 0 Å². The summed E-state index contributed by atoms with van der Waals surface area (Å²) < 4.78 is 5.38. The van der Waals surface area contributed by atoms with Crippen LogP contribution in [0.25, 0.3) is 0 Å². The van der Waals surface area contributed by atoms with Gasteiger partial charge in [0, 0.05) is 18.6 Å². The van der Waals surface area contributed by atoms with Gasteiger partial charge in [0.05, 0.1) is 13.0 Å². The molecule has 2 atom stereocenters. The molecule has 0 unspecified atom stereocenters. The van der Waals surface area contributed by atoms with Gasteiger partial charge in [0.2, 0.25) is 0 Å². The Morgan fingerprint density at radius 2 is 1.35 bits per heavy atom. The Morgan fingerprint density at radius 1 is 0.794 bits per heavy atom. The largest absolute Gasteiger partial charge is 0.466 e. The van der Waals surface area contributed by atoms with Crippen molar-refractivity contribution in [2.75, 3.05) is 6.61 Å². The highest BCUT2D eigenvalue weighted by Crippen LogP contribution is 2.29. The van der Waals surface area contributed by atoms with Crippen LogP contribution in [0.2, 0.25) is 0 Å². The van der Waals surface area contributed by atoms with Crippen molar-refractivity contribution in [3.63, 3.8) is 0 Å². The zero-order valence-corrected chi connectivity index (χ0v) is 21.9. The standard InChI is InChI=1S/C31H47NO2/c1-4-6-7-8-9-10-11-12-19-24-30(25-31(33)34-5-2)32(26-28-20-15-13-16-21-28)27(3)29-22-17-14-18-23-29/h13-18,20-23,27,30H,4-12,19,24-26H2,1-3H3/t27-,30-/m0/s1. The molecular formula is C31H47NO2. The van der Waals surface area contributed by atoms with Gasteiger partial charge in [-0.2, -0.15) is 0 Å². The highest BCUT2D eigenvalue weighted by molar-refractivity contribution is 5.70. The quantitative estimate of drug-likeness (QED) is 0.163. The van der Waals surface area contributed by atoms with Gasteiger partial charge in [0.25, 0.3) is 0 Å². The van der Waals surface area contributed by atoms with Gasteiger partial charge in [0.15, 0.2) is 0 Å². The molecule has 34 heavy (non-hydrogen) atoms. The van der Waals surface area contributed by atoms with E-state index >= 15 is 0 Å². The number of esters is 1. The van der Waals surface area contributed by atoms with E-state index in [9.17, 15) is 4.79 Å². The monoisotopic (exact) mass is 465 g/mol. The predicted molar refractivity (Wildman–Crippen MR) is 144 cm³/mol. The Labute approximate surface area is 208 Å². The summed E-state index contributed by atoms with van der Waals surface area (Å²) in [6, 6.07) is 21.7. The van der Waals surface area contributed by atoms with Crippen molar-refractivity contribution in [3.8, 4) is 0 Å². The third kappa shape index (κ3) is 10.9. The lowest BCUT2D eigenvalue weighted by Crippen LogP contribution is -2.39. The molecule has 0 aromatic heterocycles. The third-order valence-corrected chi connectivity index (χ3v) is 6.80. The lowest BCUT2D eigenvalue weighted by atomic mass is 9.97. The van der Waals surface area contributed by atoms with E-state index in [0.29, 0.717) is 13.0 Å². The van der Waals surface area contributed by atoms with E-state index < -0.39 is 0 Å². The Hall–Kier alpha value is -2.13. The molecule has 0 radical (unpaired) electrons. The van der Waals surface area contributed by atoms with E-state index in [4.69, 9.17) is 4.74 Å². The van der Waals surface area contributed by atoms with Crippen molar-refractivity contribution in [1.29, 1.82) is 0 Å². The van der Waals surface area contributed by atoms with Gasteiger partial charge in [-0.25, -0.2) is 0 Å².